The van der Waals surface area contributed by atoms with Gasteiger partial charge >= 0.3 is 0 Å². The highest BCUT2D eigenvalue weighted by Gasteiger charge is 2.19. The first-order chi connectivity index (χ1) is 13.2. The first-order valence-corrected chi connectivity index (χ1v) is 10.7. The third-order valence-corrected chi connectivity index (χ3v) is 6.12. The van der Waals surface area contributed by atoms with Gasteiger partial charge in [0.25, 0.3) is 0 Å². The van der Waals surface area contributed by atoms with Crippen LogP contribution in [0.4, 0.5) is 5.69 Å². The minimum absolute atomic E-state index is 0.228. The number of hydrogen-bond donors (Lipinski definition) is 2. The van der Waals surface area contributed by atoms with Crippen molar-refractivity contribution in [1.82, 2.24) is 15.5 Å². The molecule has 1 heterocycles. The van der Waals surface area contributed by atoms with Crippen molar-refractivity contribution < 1.29 is 0 Å². The van der Waals surface area contributed by atoms with Crippen molar-refractivity contribution in [3.8, 4) is 0 Å². The zero-order valence-electron chi connectivity index (χ0n) is 17.4. The standard InChI is InChI=1S/C22H37N5/c1-18(19-9-8-12-21(17-19)27-14-6-7-15-27)25-22(23-2)24-13-16-26(3)20-10-4-5-11-20/h8-9,12,17-18,20H,4-7,10-11,13-16H2,1-3H3,(H2,23,24,25). The van der Waals surface area contributed by atoms with Crippen LogP contribution >= 0.6 is 0 Å². The Bertz CT molecular complexity index is 602. The fourth-order valence-corrected chi connectivity index (χ4v) is 4.33. The topological polar surface area (TPSA) is 42.9 Å². The van der Waals surface area contributed by atoms with Crippen molar-refractivity contribution in [2.45, 2.75) is 57.5 Å². The number of nitrogens with one attached hydrogen (secondary N) is 2. The van der Waals surface area contributed by atoms with E-state index in [2.05, 4.69) is 63.7 Å². The van der Waals surface area contributed by atoms with Crippen molar-refractivity contribution >= 4 is 11.6 Å². The number of guanidine groups is 1. The van der Waals surface area contributed by atoms with Crippen molar-refractivity contribution in [3.63, 3.8) is 0 Å². The van der Waals surface area contributed by atoms with E-state index < -0.39 is 0 Å². The molecule has 1 aromatic carbocycles. The average molecular weight is 372 g/mol. The number of nitrogens with zero attached hydrogens (tertiary/aromatic N) is 3. The smallest absolute Gasteiger partial charge is 0.191 e. The highest BCUT2D eigenvalue weighted by Crippen LogP contribution is 2.24. The van der Waals surface area contributed by atoms with Crippen LogP contribution in [0.15, 0.2) is 29.3 Å². The van der Waals surface area contributed by atoms with Gasteiger partial charge in [-0.05, 0) is 57.4 Å². The van der Waals surface area contributed by atoms with Crippen molar-refractivity contribution in [1.29, 1.82) is 0 Å². The molecule has 5 heteroatoms. The molecule has 27 heavy (non-hydrogen) atoms. The van der Waals surface area contributed by atoms with Crippen molar-refractivity contribution in [2.75, 3.05) is 45.2 Å². The molecule has 1 saturated heterocycles. The number of rotatable bonds is 7. The lowest BCUT2D eigenvalue weighted by Crippen LogP contribution is -2.43. The van der Waals surface area contributed by atoms with Gasteiger partial charge in [0.05, 0.1) is 6.04 Å². The molecule has 0 radical (unpaired) electrons. The summed E-state index contributed by atoms with van der Waals surface area (Å²) >= 11 is 0. The van der Waals surface area contributed by atoms with Crippen LogP contribution in [0, 0.1) is 0 Å². The summed E-state index contributed by atoms with van der Waals surface area (Å²) < 4.78 is 0. The van der Waals surface area contributed by atoms with Crippen molar-refractivity contribution in [3.05, 3.63) is 29.8 Å². The molecule has 2 fully saturated rings. The Kier molecular flexibility index (Phi) is 7.39. The molecule has 1 atom stereocenters. The molecule has 0 amide bonds. The SMILES string of the molecule is CN=C(NCCN(C)C1CCCC1)NC(C)c1cccc(N2CCCC2)c1. The first-order valence-electron chi connectivity index (χ1n) is 10.7. The lowest BCUT2D eigenvalue weighted by molar-refractivity contribution is 0.249. The lowest BCUT2D eigenvalue weighted by atomic mass is 10.1. The summed E-state index contributed by atoms with van der Waals surface area (Å²) in [5.41, 5.74) is 2.66. The van der Waals surface area contributed by atoms with E-state index in [1.807, 2.05) is 7.05 Å². The van der Waals surface area contributed by atoms with E-state index in [9.17, 15) is 0 Å². The van der Waals surface area contributed by atoms with Crippen LogP contribution < -0.4 is 15.5 Å². The van der Waals surface area contributed by atoms with Crippen LogP contribution in [0.25, 0.3) is 0 Å². The zero-order chi connectivity index (χ0) is 19.1. The van der Waals surface area contributed by atoms with Gasteiger partial charge in [-0.2, -0.15) is 0 Å². The fourth-order valence-electron chi connectivity index (χ4n) is 4.33. The molecule has 5 nitrogen and oxygen atoms in total. The highest BCUT2D eigenvalue weighted by atomic mass is 15.2. The van der Waals surface area contributed by atoms with Crippen LogP contribution in [0.1, 0.15) is 57.1 Å². The predicted octanol–water partition coefficient (Wildman–Crippen LogP) is 3.39. The number of benzene rings is 1. The molecular weight excluding hydrogens is 334 g/mol. The van der Waals surface area contributed by atoms with E-state index in [0.29, 0.717) is 0 Å². The van der Waals surface area contributed by atoms with Gasteiger partial charge in [0.1, 0.15) is 0 Å². The molecule has 1 aliphatic carbocycles. The van der Waals surface area contributed by atoms with E-state index >= 15 is 0 Å². The number of hydrogen-bond acceptors (Lipinski definition) is 3. The molecule has 0 spiro atoms. The second-order valence-electron chi connectivity index (χ2n) is 8.07. The summed E-state index contributed by atoms with van der Waals surface area (Å²) in [5, 5.41) is 7.03. The Morgan fingerprint density at radius 1 is 1.22 bits per heavy atom. The van der Waals surface area contributed by atoms with E-state index in [0.717, 1.165) is 25.1 Å². The molecule has 2 N–H and O–H groups in total. The molecule has 0 bridgehead atoms. The number of likely N-dealkylation sites (N-methyl/N-ethyl adjacent to an activating group) is 1. The molecule has 1 aromatic rings. The lowest BCUT2D eigenvalue weighted by Gasteiger charge is -2.25. The fraction of sp³-hybridized carbons (Fsp3) is 0.682. The van der Waals surface area contributed by atoms with Gasteiger partial charge in [-0.3, -0.25) is 4.99 Å². The van der Waals surface area contributed by atoms with Gasteiger partial charge < -0.3 is 20.4 Å². The van der Waals surface area contributed by atoms with Crippen LogP contribution in [-0.4, -0.2) is 57.2 Å². The summed E-state index contributed by atoms with van der Waals surface area (Å²) in [7, 11) is 4.10. The van der Waals surface area contributed by atoms with Gasteiger partial charge in [0.2, 0.25) is 0 Å². The third-order valence-electron chi connectivity index (χ3n) is 6.12. The summed E-state index contributed by atoms with van der Waals surface area (Å²) in [6.45, 7) is 6.56. The Balaban J connectivity index is 1.48. The Morgan fingerprint density at radius 3 is 2.67 bits per heavy atom. The Labute approximate surface area is 165 Å². The van der Waals surface area contributed by atoms with E-state index in [1.165, 1.54) is 62.9 Å². The molecule has 1 saturated carbocycles. The zero-order valence-corrected chi connectivity index (χ0v) is 17.4. The van der Waals surface area contributed by atoms with E-state index in [-0.39, 0.29) is 6.04 Å². The molecule has 1 unspecified atom stereocenters. The summed E-state index contributed by atoms with van der Waals surface area (Å²) in [5.74, 6) is 0.883. The summed E-state index contributed by atoms with van der Waals surface area (Å²) in [6.07, 6.45) is 8.11. The van der Waals surface area contributed by atoms with Gasteiger partial charge in [-0.15, -0.1) is 0 Å². The maximum Gasteiger partial charge on any atom is 0.191 e. The molecule has 1 aliphatic heterocycles. The Hall–Kier alpha value is -1.75. The maximum absolute atomic E-state index is 4.41. The molecular formula is C22H37N5. The maximum atomic E-state index is 4.41. The minimum Gasteiger partial charge on any atom is -0.372 e. The van der Waals surface area contributed by atoms with Crippen molar-refractivity contribution in [2.24, 2.45) is 4.99 Å². The second kappa shape index (κ2) is 9.98. The van der Waals surface area contributed by atoms with Gasteiger partial charge in [-0.1, -0.05) is 25.0 Å². The summed E-state index contributed by atoms with van der Waals surface area (Å²) in [4.78, 5) is 9.40. The van der Waals surface area contributed by atoms with Crippen LogP contribution in [0.2, 0.25) is 0 Å². The molecule has 3 rings (SSSR count). The van der Waals surface area contributed by atoms with Crippen LogP contribution in [0.3, 0.4) is 0 Å². The first kappa shape index (κ1) is 20.0. The normalized spacial score (nSPS) is 19.7. The number of anilines is 1. The molecule has 150 valence electrons. The molecule has 2 aliphatic rings. The largest absolute Gasteiger partial charge is 0.372 e. The van der Waals surface area contributed by atoms with Gasteiger partial charge in [0.15, 0.2) is 5.96 Å². The number of aliphatic imine (C=N–C) groups is 1. The highest BCUT2D eigenvalue weighted by molar-refractivity contribution is 5.80. The van der Waals surface area contributed by atoms with Gasteiger partial charge in [-0.25, -0.2) is 0 Å². The second-order valence-corrected chi connectivity index (χ2v) is 8.07. The Morgan fingerprint density at radius 2 is 1.96 bits per heavy atom. The van der Waals surface area contributed by atoms with Crippen LogP contribution in [-0.2, 0) is 0 Å². The molecule has 0 aromatic heterocycles. The average Bonchev–Trinajstić information content (AvgIpc) is 3.41. The minimum atomic E-state index is 0.228. The van der Waals surface area contributed by atoms with E-state index in [4.69, 9.17) is 0 Å². The predicted molar refractivity (Wildman–Crippen MR) is 116 cm³/mol. The monoisotopic (exact) mass is 371 g/mol. The van der Waals surface area contributed by atoms with E-state index in [1.54, 1.807) is 0 Å². The summed E-state index contributed by atoms with van der Waals surface area (Å²) in [6, 6.07) is 9.93. The van der Waals surface area contributed by atoms with Gasteiger partial charge in [0, 0.05) is 45.0 Å². The third kappa shape index (κ3) is 5.61. The van der Waals surface area contributed by atoms with Crippen LogP contribution in [0.5, 0.6) is 0 Å². The quantitative estimate of drug-likeness (QED) is 0.570.